The second kappa shape index (κ2) is 51.3. The van der Waals surface area contributed by atoms with Gasteiger partial charge in [0.2, 0.25) is 5.75 Å². The third kappa shape index (κ3) is 34.9. The summed E-state index contributed by atoms with van der Waals surface area (Å²) in [5, 5.41) is 9.40. The first-order valence-corrected chi connectivity index (χ1v) is 33.7. The van der Waals surface area contributed by atoms with E-state index in [1.165, 1.54) is 74.0 Å². The molecular weight excluding hydrogens is 1360 g/mol. The molecule has 1 atom stereocenters. The van der Waals surface area contributed by atoms with Gasteiger partial charge in [-0.25, -0.2) is 0 Å². The molecule has 0 aromatic heterocycles. The van der Waals surface area contributed by atoms with E-state index in [9.17, 15) is 48.3 Å². The van der Waals surface area contributed by atoms with Crippen molar-refractivity contribution in [2.24, 2.45) is 5.92 Å². The maximum Gasteiger partial charge on any atom is 0.314 e. The number of rotatable bonds is 31. The van der Waals surface area contributed by atoms with E-state index in [1.807, 2.05) is 32.0 Å². The van der Waals surface area contributed by atoms with Gasteiger partial charge < -0.3 is 66.7 Å². The first kappa shape index (κ1) is 92.2. The lowest BCUT2D eigenvalue weighted by Gasteiger charge is -2.15. The quantitative estimate of drug-likeness (QED) is 0.0240. The van der Waals surface area contributed by atoms with Crippen LogP contribution in [0.1, 0.15) is 172 Å². The molecule has 0 amide bonds. The topological polar surface area (TPSA) is 294 Å². The van der Waals surface area contributed by atoms with Gasteiger partial charge in [-0.3, -0.25) is 43.2 Å². The number of ether oxygens (including phenoxy) is 13. The van der Waals surface area contributed by atoms with Crippen molar-refractivity contribution in [3.8, 4) is 74.7 Å². The van der Waals surface area contributed by atoms with Crippen LogP contribution in [0.25, 0.3) is 36.5 Å². The smallest absolute Gasteiger partial charge is 0.314 e. The molecule has 0 aliphatic rings. The Morgan fingerprint density at radius 1 is 0.340 bits per heavy atom. The van der Waals surface area contributed by atoms with E-state index in [1.54, 1.807) is 111 Å². The largest absolute Gasteiger partial charge is 0.493 e. The summed E-state index contributed by atoms with van der Waals surface area (Å²) < 4.78 is 66.3. The minimum Gasteiger partial charge on any atom is -0.493 e. The molecule has 106 heavy (non-hydrogen) atoms. The number of esters is 9. The van der Waals surface area contributed by atoms with Crippen LogP contribution in [0.15, 0.2) is 137 Å². The van der Waals surface area contributed by atoms with Gasteiger partial charge in [-0.05, 0) is 132 Å². The Hall–Kier alpha value is -11.9. The highest BCUT2D eigenvalue weighted by molar-refractivity contribution is 5.80. The number of methoxy groups -OCH3 is 4. The zero-order valence-electron chi connectivity index (χ0n) is 63.2. The van der Waals surface area contributed by atoms with E-state index in [0.717, 1.165) is 79.2 Å². The first-order valence-electron chi connectivity index (χ1n) is 33.7. The standard InChI is InChI=1S/C17H24O3.C16H22O4.C14H14O6.C13H16O3.C12H12O4.C11H12O3/c1-5-8-9-14(7-3)17(18)20-15-11-10-13(6-2)12-16(15)19-4;1-4-6-7-8-15(18)20-16-13(11-17)9-12(5-2)10-14(16)19-3;1-5-11-6-12(18-8(2)15)14(20-10(4)17)13(7-11)19-9(3)16;1-4-6-13(14)16-11-8-7-10(5-2)9-12(11)15-3;1-4-10-5-6-11(15-8(2)13)12(7-10)16-9(3)14;1-4-9-5-6-10(14-8(2)12)11(7-9)13-3/h6,10-12,14H,2,5,7-9H2,1,3-4H3;5,9-10,17H,2,4,6-8,11H2,1,3H3;5-7H,1H2,2-4H3;5,7-9H,2,4,6H2,1,3H3;4-7H,1H2,2-3H3;4-7H,1H2,2-3H3. The van der Waals surface area contributed by atoms with Crippen LogP contribution in [0.4, 0.5) is 0 Å². The Labute approximate surface area is 621 Å². The van der Waals surface area contributed by atoms with Gasteiger partial charge in [0.15, 0.2) is 69.0 Å². The van der Waals surface area contributed by atoms with E-state index in [0.29, 0.717) is 70.0 Å². The van der Waals surface area contributed by atoms with Gasteiger partial charge in [-0.15, -0.1) is 0 Å². The highest BCUT2D eigenvalue weighted by atomic mass is 16.6. The molecule has 0 aliphatic carbocycles. The van der Waals surface area contributed by atoms with Gasteiger partial charge >= 0.3 is 53.7 Å². The number of benzene rings is 6. The first-order chi connectivity index (χ1) is 50.5. The van der Waals surface area contributed by atoms with E-state index < -0.39 is 29.8 Å². The van der Waals surface area contributed by atoms with Gasteiger partial charge in [-0.2, -0.15) is 0 Å². The average molecular weight is 1470 g/mol. The molecule has 0 spiro atoms. The molecule has 0 bridgehead atoms. The number of carbonyl (C=O) groups excluding carboxylic acids is 9. The third-order valence-corrected chi connectivity index (χ3v) is 13.9. The number of carbonyl (C=O) groups is 9. The van der Waals surface area contributed by atoms with E-state index in [4.69, 9.17) is 61.6 Å². The Balaban J connectivity index is 0.000000639. The van der Waals surface area contributed by atoms with Crippen molar-refractivity contribution in [1.29, 1.82) is 0 Å². The summed E-state index contributed by atoms with van der Waals surface area (Å²) in [6, 6.07) is 27.1. The molecule has 570 valence electrons. The second-order valence-electron chi connectivity index (χ2n) is 22.3. The number of hydrogen-bond donors (Lipinski definition) is 1. The monoisotopic (exact) mass is 1460 g/mol. The summed E-state index contributed by atoms with van der Waals surface area (Å²) in [4.78, 5) is 101. The molecule has 1 unspecified atom stereocenters. The average Bonchev–Trinajstić information content (AvgIpc) is 0.791. The van der Waals surface area contributed by atoms with E-state index >= 15 is 0 Å². The second-order valence-corrected chi connectivity index (χ2v) is 22.3. The van der Waals surface area contributed by atoms with Crippen LogP contribution < -0.4 is 61.6 Å². The zero-order valence-corrected chi connectivity index (χ0v) is 63.2. The third-order valence-electron chi connectivity index (χ3n) is 13.9. The van der Waals surface area contributed by atoms with Gasteiger partial charge in [0.25, 0.3) is 0 Å². The predicted molar refractivity (Wildman–Crippen MR) is 408 cm³/mol. The van der Waals surface area contributed by atoms with Gasteiger partial charge in [0.05, 0.1) is 41.0 Å². The summed E-state index contributed by atoms with van der Waals surface area (Å²) in [5.41, 5.74) is 5.39. The number of aliphatic hydroxyl groups excluding tert-OH is 1. The Morgan fingerprint density at radius 2 is 0.670 bits per heavy atom. The number of aliphatic hydroxyl groups is 1. The van der Waals surface area contributed by atoms with Gasteiger partial charge in [0.1, 0.15) is 0 Å². The Morgan fingerprint density at radius 3 is 1.03 bits per heavy atom. The molecular formula is C83H100O23. The van der Waals surface area contributed by atoms with Crippen molar-refractivity contribution in [3.05, 3.63) is 175 Å². The molecule has 23 nitrogen and oxygen atoms in total. The minimum absolute atomic E-state index is 0.0265. The SMILES string of the molecule is C=Cc1cc(CO)c(OC(=O)CCCCC)c(OC)c1.C=Cc1cc(OC(C)=O)c(OC(C)=O)c(OC(C)=O)c1.C=Cc1ccc(OC(=O)C(CC)CCCC)c(OC)c1.C=Cc1ccc(OC(=O)CCC)c(OC)c1.C=Cc1ccc(OC(C)=O)c(OC(C)=O)c1.C=Cc1ccc(OC(C)=O)c(OC)c1. The van der Waals surface area contributed by atoms with Crippen molar-refractivity contribution < 1.29 is 110 Å². The summed E-state index contributed by atoms with van der Waals surface area (Å²) in [5.74, 6) is -0.00371. The molecule has 1 N–H and O–H groups in total. The summed E-state index contributed by atoms with van der Waals surface area (Å²) in [7, 11) is 6.13. The lowest BCUT2D eigenvalue weighted by Crippen LogP contribution is -2.20. The fourth-order valence-electron chi connectivity index (χ4n) is 8.77. The normalized spacial score (nSPS) is 10.0. The zero-order chi connectivity index (χ0) is 79.8. The molecule has 0 fully saturated rings. The van der Waals surface area contributed by atoms with Gasteiger partial charge in [0, 0.05) is 59.9 Å². The van der Waals surface area contributed by atoms with Crippen LogP contribution in [-0.4, -0.2) is 87.3 Å². The van der Waals surface area contributed by atoms with Crippen molar-refractivity contribution in [2.45, 2.75) is 140 Å². The fraction of sp³-hybridized carbons (Fsp3) is 0.313. The molecule has 23 heteroatoms. The maximum absolute atomic E-state index is 12.2. The molecule has 0 saturated carbocycles. The summed E-state index contributed by atoms with van der Waals surface area (Å²) >= 11 is 0. The van der Waals surface area contributed by atoms with Crippen molar-refractivity contribution in [2.75, 3.05) is 28.4 Å². The molecule has 6 rings (SSSR count). The summed E-state index contributed by atoms with van der Waals surface area (Å²) in [6.45, 7) is 37.2. The van der Waals surface area contributed by atoms with Crippen LogP contribution >= 0.6 is 0 Å². The van der Waals surface area contributed by atoms with Crippen LogP contribution in [0.3, 0.4) is 0 Å². The highest BCUT2D eigenvalue weighted by Gasteiger charge is 2.22. The van der Waals surface area contributed by atoms with Crippen molar-refractivity contribution in [3.63, 3.8) is 0 Å². The van der Waals surface area contributed by atoms with Crippen LogP contribution in [-0.2, 0) is 49.8 Å². The molecule has 0 radical (unpaired) electrons. The number of unbranched alkanes of at least 4 members (excludes halogenated alkanes) is 3. The molecule has 0 aliphatic heterocycles. The van der Waals surface area contributed by atoms with Crippen LogP contribution in [0.2, 0.25) is 0 Å². The molecule has 0 heterocycles. The van der Waals surface area contributed by atoms with Crippen LogP contribution in [0, 0.1) is 5.92 Å². The van der Waals surface area contributed by atoms with Crippen molar-refractivity contribution in [1.82, 2.24) is 0 Å². The predicted octanol–water partition coefficient (Wildman–Crippen LogP) is 17.4. The van der Waals surface area contributed by atoms with Crippen molar-refractivity contribution >= 4 is 90.2 Å². The lowest BCUT2D eigenvalue weighted by molar-refractivity contribution is -0.139. The molecule has 6 aromatic rings. The Kier molecular flexibility index (Phi) is 44.6. The van der Waals surface area contributed by atoms with E-state index in [-0.39, 0.29) is 65.1 Å². The summed E-state index contributed by atoms with van der Waals surface area (Å²) in [6.07, 6.45) is 18.0. The Bertz CT molecular complexity index is 3910. The van der Waals surface area contributed by atoms with E-state index in [2.05, 4.69) is 53.3 Å². The fourth-order valence-corrected chi connectivity index (χ4v) is 8.77. The van der Waals surface area contributed by atoms with Gasteiger partial charge in [-0.1, -0.05) is 154 Å². The minimum atomic E-state index is -0.641. The molecule has 6 aromatic carbocycles. The number of hydrogen-bond acceptors (Lipinski definition) is 23. The van der Waals surface area contributed by atoms with Crippen LogP contribution in [0.5, 0.6) is 74.7 Å². The highest BCUT2D eigenvalue weighted by Crippen LogP contribution is 2.40. The maximum atomic E-state index is 12.2. The lowest BCUT2D eigenvalue weighted by atomic mass is 10.00. The molecule has 0 saturated heterocycles.